The number of piperidine rings is 1. The lowest BCUT2D eigenvalue weighted by atomic mass is 9.99. The Morgan fingerprint density at radius 1 is 1.25 bits per heavy atom. The lowest BCUT2D eigenvalue weighted by molar-refractivity contribution is 0.0563. The number of aryl methyl sites for hydroxylation is 1. The Balaban J connectivity index is 0.00000200. The number of likely N-dealkylation sites (tertiary alicyclic amines) is 1. The second-order valence-electron chi connectivity index (χ2n) is 5.76. The molecule has 1 saturated heterocycles. The number of β-amino-alcohol motifs (C(OH)–C–C–N with tert-alkyl or cyclic N) is 1. The number of hydrogen-bond donors (Lipinski definition) is 1. The molecular weight excluding hydrogens is 274 g/mol. The minimum atomic E-state index is -0.408. The number of rotatable bonds is 5. The van der Waals surface area contributed by atoms with Crippen LogP contribution < -0.4 is 4.74 Å². The van der Waals surface area contributed by atoms with Crippen molar-refractivity contribution in [3.8, 4) is 5.75 Å². The molecular formula is C16H26ClNO2. The van der Waals surface area contributed by atoms with E-state index in [4.69, 9.17) is 4.74 Å². The molecule has 1 heterocycles. The van der Waals surface area contributed by atoms with E-state index in [0.29, 0.717) is 6.61 Å². The molecule has 1 aromatic carbocycles. The smallest absolute Gasteiger partial charge is 0.119 e. The van der Waals surface area contributed by atoms with Gasteiger partial charge >= 0.3 is 0 Å². The fourth-order valence-corrected chi connectivity index (χ4v) is 2.42. The minimum absolute atomic E-state index is 0. The molecule has 0 aliphatic carbocycles. The van der Waals surface area contributed by atoms with Crippen LogP contribution in [0.1, 0.15) is 25.3 Å². The Morgan fingerprint density at radius 2 is 1.85 bits per heavy atom. The van der Waals surface area contributed by atoms with E-state index in [1.54, 1.807) is 0 Å². The van der Waals surface area contributed by atoms with Gasteiger partial charge in [-0.1, -0.05) is 24.6 Å². The fourth-order valence-electron chi connectivity index (χ4n) is 2.42. The molecule has 4 heteroatoms. The zero-order valence-electron chi connectivity index (χ0n) is 12.4. The van der Waals surface area contributed by atoms with Crippen LogP contribution in [-0.2, 0) is 0 Å². The van der Waals surface area contributed by atoms with Gasteiger partial charge < -0.3 is 14.7 Å². The van der Waals surface area contributed by atoms with Crippen LogP contribution in [0.3, 0.4) is 0 Å². The van der Waals surface area contributed by atoms with Crippen molar-refractivity contribution >= 4 is 12.4 Å². The summed E-state index contributed by atoms with van der Waals surface area (Å²) in [5.41, 5.74) is 1.22. The molecule has 1 unspecified atom stereocenters. The average Bonchev–Trinajstić information content (AvgIpc) is 2.41. The Bertz CT molecular complexity index is 375. The first kappa shape index (κ1) is 17.3. The summed E-state index contributed by atoms with van der Waals surface area (Å²) in [7, 11) is 0. The second-order valence-corrected chi connectivity index (χ2v) is 5.76. The van der Waals surface area contributed by atoms with Crippen molar-refractivity contribution in [3.63, 3.8) is 0 Å². The molecule has 0 amide bonds. The molecule has 2 rings (SSSR count). The van der Waals surface area contributed by atoms with Gasteiger partial charge in [-0.05, 0) is 50.9 Å². The van der Waals surface area contributed by atoms with Crippen LogP contribution in [0.25, 0.3) is 0 Å². The van der Waals surface area contributed by atoms with Crippen LogP contribution in [-0.4, -0.2) is 42.4 Å². The molecule has 0 saturated carbocycles. The van der Waals surface area contributed by atoms with Crippen LogP contribution in [0.5, 0.6) is 5.75 Å². The van der Waals surface area contributed by atoms with Gasteiger partial charge in [0.15, 0.2) is 0 Å². The van der Waals surface area contributed by atoms with E-state index in [0.717, 1.165) is 31.3 Å². The number of aliphatic hydroxyl groups excluding tert-OH is 1. The summed E-state index contributed by atoms with van der Waals surface area (Å²) in [5.74, 6) is 1.66. The summed E-state index contributed by atoms with van der Waals surface area (Å²) in [4.78, 5) is 2.34. The van der Waals surface area contributed by atoms with Crippen molar-refractivity contribution in [3.05, 3.63) is 29.8 Å². The first-order valence-electron chi connectivity index (χ1n) is 7.23. The molecule has 1 aromatic rings. The third kappa shape index (κ3) is 5.70. The minimum Gasteiger partial charge on any atom is -0.491 e. The molecule has 0 aromatic heterocycles. The van der Waals surface area contributed by atoms with Crippen molar-refractivity contribution in [2.24, 2.45) is 5.92 Å². The molecule has 1 N–H and O–H groups in total. The molecule has 1 aliphatic heterocycles. The summed E-state index contributed by atoms with van der Waals surface area (Å²) in [6.45, 7) is 7.64. The average molecular weight is 300 g/mol. The predicted molar refractivity (Wildman–Crippen MR) is 84.8 cm³/mol. The molecule has 0 spiro atoms. The molecule has 114 valence electrons. The van der Waals surface area contributed by atoms with Crippen LogP contribution in [0.4, 0.5) is 0 Å². The molecule has 20 heavy (non-hydrogen) atoms. The van der Waals surface area contributed by atoms with Gasteiger partial charge in [-0.15, -0.1) is 12.4 Å². The van der Waals surface area contributed by atoms with Crippen molar-refractivity contribution in [1.82, 2.24) is 4.90 Å². The van der Waals surface area contributed by atoms with E-state index < -0.39 is 6.10 Å². The highest BCUT2D eigenvalue weighted by Gasteiger charge is 2.18. The van der Waals surface area contributed by atoms with E-state index in [9.17, 15) is 5.11 Å². The Morgan fingerprint density at radius 3 is 2.45 bits per heavy atom. The maximum absolute atomic E-state index is 10.0. The Hall–Kier alpha value is -0.770. The van der Waals surface area contributed by atoms with Gasteiger partial charge in [0.1, 0.15) is 18.5 Å². The van der Waals surface area contributed by atoms with Gasteiger partial charge in [0, 0.05) is 6.54 Å². The summed E-state index contributed by atoms with van der Waals surface area (Å²) in [6.07, 6.45) is 2.08. The normalized spacial score (nSPS) is 18.4. The maximum Gasteiger partial charge on any atom is 0.119 e. The summed E-state index contributed by atoms with van der Waals surface area (Å²) < 4.78 is 5.61. The zero-order chi connectivity index (χ0) is 13.7. The van der Waals surface area contributed by atoms with Gasteiger partial charge in [0.2, 0.25) is 0 Å². The lowest BCUT2D eigenvalue weighted by Crippen LogP contribution is -2.40. The molecule has 0 radical (unpaired) electrons. The third-order valence-corrected chi connectivity index (χ3v) is 3.81. The van der Waals surface area contributed by atoms with E-state index in [1.165, 1.54) is 18.4 Å². The van der Waals surface area contributed by atoms with Crippen LogP contribution >= 0.6 is 12.4 Å². The molecule has 0 bridgehead atoms. The van der Waals surface area contributed by atoms with Gasteiger partial charge in [-0.2, -0.15) is 0 Å². The van der Waals surface area contributed by atoms with E-state index >= 15 is 0 Å². The van der Waals surface area contributed by atoms with E-state index in [2.05, 4.69) is 18.7 Å². The second kappa shape index (κ2) is 8.50. The highest BCUT2D eigenvalue weighted by atomic mass is 35.5. The summed E-state index contributed by atoms with van der Waals surface area (Å²) >= 11 is 0. The fraction of sp³-hybridized carbons (Fsp3) is 0.625. The third-order valence-electron chi connectivity index (χ3n) is 3.81. The summed E-state index contributed by atoms with van der Waals surface area (Å²) in [6, 6.07) is 7.94. The van der Waals surface area contributed by atoms with Crippen molar-refractivity contribution in [2.45, 2.75) is 32.8 Å². The standard InChI is InChI=1S/C16H25NO2.ClH/c1-13-3-5-16(6-4-13)19-12-15(18)11-17-9-7-14(2)8-10-17;/h3-6,14-15,18H,7-12H2,1-2H3;1H. The number of nitrogens with zero attached hydrogens (tertiary/aromatic N) is 1. The van der Waals surface area contributed by atoms with Crippen molar-refractivity contribution < 1.29 is 9.84 Å². The first-order chi connectivity index (χ1) is 9.13. The summed E-state index contributed by atoms with van der Waals surface area (Å²) in [5, 5.41) is 10.0. The number of halogens is 1. The Kier molecular flexibility index (Phi) is 7.35. The van der Waals surface area contributed by atoms with Crippen molar-refractivity contribution in [2.75, 3.05) is 26.2 Å². The zero-order valence-corrected chi connectivity index (χ0v) is 13.2. The largest absolute Gasteiger partial charge is 0.491 e. The SMILES string of the molecule is Cc1ccc(OCC(O)CN2CCC(C)CC2)cc1.Cl. The quantitative estimate of drug-likeness (QED) is 0.907. The topological polar surface area (TPSA) is 32.7 Å². The highest BCUT2D eigenvalue weighted by molar-refractivity contribution is 5.85. The van der Waals surface area contributed by atoms with Gasteiger partial charge in [-0.3, -0.25) is 0 Å². The van der Waals surface area contributed by atoms with Gasteiger partial charge in [-0.25, -0.2) is 0 Å². The lowest BCUT2D eigenvalue weighted by Gasteiger charge is -2.31. The Labute approximate surface area is 128 Å². The first-order valence-corrected chi connectivity index (χ1v) is 7.23. The van der Waals surface area contributed by atoms with E-state index in [1.807, 2.05) is 24.3 Å². The predicted octanol–water partition coefficient (Wildman–Crippen LogP) is 2.89. The number of benzene rings is 1. The maximum atomic E-state index is 10.0. The number of aliphatic hydroxyl groups is 1. The molecule has 1 fully saturated rings. The molecule has 3 nitrogen and oxygen atoms in total. The number of hydrogen-bond acceptors (Lipinski definition) is 3. The highest BCUT2D eigenvalue weighted by Crippen LogP contribution is 2.16. The van der Waals surface area contributed by atoms with Gasteiger partial charge in [0.25, 0.3) is 0 Å². The van der Waals surface area contributed by atoms with Crippen LogP contribution in [0.2, 0.25) is 0 Å². The number of ether oxygens (including phenoxy) is 1. The van der Waals surface area contributed by atoms with E-state index in [-0.39, 0.29) is 12.4 Å². The van der Waals surface area contributed by atoms with Crippen LogP contribution in [0, 0.1) is 12.8 Å². The van der Waals surface area contributed by atoms with Gasteiger partial charge in [0.05, 0.1) is 0 Å². The molecule has 1 atom stereocenters. The molecule has 1 aliphatic rings. The van der Waals surface area contributed by atoms with Crippen LogP contribution in [0.15, 0.2) is 24.3 Å². The van der Waals surface area contributed by atoms with Crippen molar-refractivity contribution in [1.29, 1.82) is 0 Å². The monoisotopic (exact) mass is 299 g/mol.